The van der Waals surface area contributed by atoms with E-state index >= 15 is 0 Å². The number of hydrogen-bond acceptors (Lipinski definition) is 16. The first kappa shape index (κ1) is 66.2. The van der Waals surface area contributed by atoms with Crippen molar-refractivity contribution in [2.75, 3.05) is 46.7 Å². The summed E-state index contributed by atoms with van der Waals surface area (Å²) < 4.78 is 53.0. The lowest BCUT2D eigenvalue weighted by Crippen LogP contribution is -2.61. The Hall–Kier alpha value is -6.24. The van der Waals surface area contributed by atoms with Crippen LogP contribution in [0.2, 0.25) is 0 Å². The van der Waals surface area contributed by atoms with E-state index in [0.29, 0.717) is 61.5 Å². The minimum absolute atomic E-state index is 0.0357. The van der Waals surface area contributed by atoms with Gasteiger partial charge in [0.15, 0.2) is 0 Å². The van der Waals surface area contributed by atoms with E-state index in [0.717, 1.165) is 44.4 Å². The molecule has 0 radical (unpaired) electrons. The van der Waals surface area contributed by atoms with Crippen LogP contribution < -0.4 is 16.2 Å². The number of morpholine rings is 1. The molecule has 4 fully saturated rings. The van der Waals surface area contributed by atoms with Gasteiger partial charge in [0.05, 0.1) is 60.6 Å². The Morgan fingerprint density at radius 3 is 2.19 bits per heavy atom. The van der Waals surface area contributed by atoms with Crippen LogP contribution in [0.5, 0.6) is 0 Å². The minimum Gasteiger partial charge on any atom is -0.464 e. The number of benzene rings is 3. The second-order valence-corrected chi connectivity index (χ2v) is 29.2. The van der Waals surface area contributed by atoms with E-state index in [4.69, 9.17) is 42.7 Å². The third-order valence-electron chi connectivity index (χ3n) is 18.8. The molecule has 7 atom stereocenters. The number of hydrogen-bond donors (Lipinski definition) is 2. The molecular weight excluding hydrogens is 1240 g/mol. The smallest absolute Gasteiger partial charge is 0.464 e. The van der Waals surface area contributed by atoms with Crippen molar-refractivity contribution in [2.24, 2.45) is 5.41 Å². The highest BCUT2D eigenvalue weighted by Gasteiger charge is 2.52. The molecule has 5 aliphatic rings. The zero-order chi connectivity index (χ0) is 64.9. The van der Waals surface area contributed by atoms with Gasteiger partial charge in [-0.15, -0.1) is 11.3 Å². The fraction of sp³-hybridized carbons (Fsp3) is 0.536. The van der Waals surface area contributed by atoms with Crippen molar-refractivity contribution >= 4 is 74.8 Å². The van der Waals surface area contributed by atoms with Gasteiger partial charge in [-0.1, -0.05) is 74.5 Å². The number of ether oxygens (including phenoxy) is 6. The molecule has 0 saturated carbocycles. The molecule has 91 heavy (non-hydrogen) atoms. The van der Waals surface area contributed by atoms with Gasteiger partial charge >= 0.3 is 25.3 Å². The van der Waals surface area contributed by atoms with Crippen LogP contribution >= 0.6 is 27.3 Å². The number of fused-ring (bicyclic) bond motifs is 6. The number of methoxy groups -OCH3 is 1. The molecule has 7 heterocycles. The zero-order valence-corrected chi connectivity index (χ0v) is 57.1. The van der Waals surface area contributed by atoms with Crippen molar-refractivity contribution in [1.29, 1.82) is 0 Å². The van der Waals surface area contributed by atoms with Gasteiger partial charge in [0.25, 0.3) is 5.91 Å². The average Bonchev–Trinajstić information content (AvgIpc) is 1.62. The molecule has 4 aliphatic heterocycles. The Morgan fingerprint density at radius 1 is 0.901 bits per heavy atom. The van der Waals surface area contributed by atoms with E-state index in [1.807, 2.05) is 30.2 Å². The second-order valence-electron chi connectivity index (χ2n) is 27.5. The third-order valence-corrected chi connectivity index (χ3v) is 20.4. The number of hydrazine groups is 1. The average molecular weight is 1330 g/mol. The number of esters is 1. The summed E-state index contributed by atoms with van der Waals surface area (Å²) >= 11 is 4.71. The summed E-state index contributed by atoms with van der Waals surface area (Å²) in [4.78, 5) is 68.8. The van der Waals surface area contributed by atoms with Crippen LogP contribution in [0.15, 0.2) is 89.0 Å². The number of nitrogens with zero attached hydrogens (tertiary/aromatic N) is 5. The molecule has 2 bridgehead atoms. The number of aromatic nitrogens is 3. The summed E-state index contributed by atoms with van der Waals surface area (Å²) in [7, 11) is 1.07. The molecule has 19 nitrogen and oxygen atoms in total. The molecule has 1 aliphatic carbocycles. The van der Waals surface area contributed by atoms with Crippen LogP contribution in [-0.2, 0) is 60.3 Å². The fourth-order valence-corrected chi connectivity index (χ4v) is 15.0. The molecule has 2 N–H and O–H groups in total. The Balaban J connectivity index is 0.875. The normalized spacial score (nSPS) is 21.5. The number of thiazole rings is 1. The number of carbonyl (C=O) groups is 4. The molecule has 3 aromatic heterocycles. The van der Waals surface area contributed by atoms with Crippen molar-refractivity contribution in [2.45, 2.75) is 187 Å². The topological polar surface area (TPSA) is 203 Å². The quantitative estimate of drug-likeness (QED) is 0.0440. The summed E-state index contributed by atoms with van der Waals surface area (Å²) in [6.07, 6.45) is 2.18. The highest BCUT2D eigenvalue weighted by molar-refractivity contribution is 9.10. The molecule has 0 spiro atoms. The predicted molar refractivity (Wildman–Crippen MR) is 353 cm³/mol. The van der Waals surface area contributed by atoms with Gasteiger partial charge in [-0.3, -0.25) is 24.5 Å². The first-order valence-electron chi connectivity index (χ1n) is 32.0. The fourth-order valence-electron chi connectivity index (χ4n) is 13.6. The van der Waals surface area contributed by atoms with Crippen LogP contribution in [0.4, 0.5) is 9.59 Å². The first-order valence-corrected chi connectivity index (χ1v) is 33.7. The summed E-state index contributed by atoms with van der Waals surface area (Å²) in [6.45, 7) is 25.8. The van der Waals surface area contributed by atoms with Crippen molar-refractivity contribution in [3.05, 3.63) is 122 Å². The Bertz CT molecular complexity index is 3600. The number of rotatable bonds is 19. The number of alkyl carbamates (subject to hydrolysis) is 1. The monoisotopic (exact) mass is 1330 g/mol. The van der Waals surface area contributed by atoms with Crippen LogP contribution in [-0.4, -0.2) is 143 Å². The van der Waals surface area contributed by atoms with Gasteiger partial charge in [0.2, 0.25) is 0 Å². The van der Waals surface area contributed by atoms with Gasteiger partial charge in [-0.25, -0.2) is 20.0 Å². The lowest BCUT2D eigenvalue weighted by molar-refractivity contribution is -0.156. The lowest BCUT2D eigenvalue weighted by atomic mass is 9.77. The number of halogens is 1. The molecule has 6 aromatic rings. The van der Waals surface area contributed by atoms with E-state index < -0.39 is 71.6 Å². The summed E-state index contributed by atoms with van der Waals surface area (Å²) in [6, 6.07) is 22.9. The van der Waals surface area contributed by atoms with E-state index in [-0.39, 0.29) is 56.4 Å². The SMILES string of the molecule is CCO[C@H](c1nc(Br)cs1)[C@H](NC(=O)OC(C)(C)C)C(=O)N1CCC[C@@H](C(=O)OCC(C)(C)Cc2c(-c3cc(C4C[C@H]5COC[C@@H](C4)N5C(=O)OCC4c5ccccc5-c5ccccc54)cnc3[C@H](C)OC)n(CC)c3ccc(B4OC(C)(C)C(C)(C)O4)cc23)N1. The van der Waals surface area contributed by atoms with Gasteiger partial charge in [0, 0.05) is 66.2 Å². The number of nitrogens with one attached hydrogen (secondary N) is 2. The van der Waals surface area contributed by atoms with Gasteiger partial charge in [0.1, 0.15) is 40.0 Å². The maximum Gasteiger partial charge on any atom is 0.494 e. The lowest BCUT2D eigenvalue weighted by Gasteiger charge is -2.47. The van der Waals surface area contributed by atoms with Gasteiger partial charge < -0.3 is 47.6 Å². The van der Waals surface area contributed by atoms with Crippen LogP contribution in [0.1, 0.15) is 166 Å². The largest absolute Gasteiger partial charge is 0.494 e. The number of piperidine rings is 1. The molecule has 1 unspecified atom stereocenters. The van der Waals surface area contributed by atoms with Crippen molar-refractivity contribution in [3.63, 3.8) is 0 Å². The van der Waals surface area contributed by atoms with Crippen molar-refractivity contribution in [1.82, 2.24) is 35.2 Å². The Morgan fingerprint density at radius 2 is 1.57 bits per heavy atom. The van der Waals surface area contributed by atoms with E-state index in [1.165, 1.54) is 38.6 Å². The van der Waals surface area contributed by atoms with E-state index in [2.05, 4.69) is 145 Å². The molecule has 11 rings (SSSR count). The maximum atomic E-state index is 14.7. The Kier molecular flexibility index (Phi) is 19.4. The molecule has 3 aromatic carbocycles. The van der Waals surface area contributed by atoms with Gasteiger partial charge in [-0.05, 0) is 174 Å². The number of pyridine rings is 1. The molecule has 22 heteroatoms. The summed E-state index contributed by atoms with van der Waals surface area (Å²) in [5.41, 5.74) is 11.9. The van der Waals surface area contributed by atoms with Crippen LogP contribution in [0, 0.1) is 5.41 Å². The number of amides is 3. The van der Waals surface area contributed by atoms with E-state index in [1.54, 1.807) is 40.2 Å². The maximum absolute atomic E-state index is 14.7. The number of aryl methyl sites for hydroxylation is 1. The molecule has 3 amide bonds. The third kappa shape index (κ3) is 13.8. The summed E-state index contributed by atoms with van der Waals surface area (Å²) in [5, 5.41) is 7.40. The van der Waals surface area contributed by atoms with Gasteiger partial charge in [-0.2, -0.15) is 0 Å². The van der Waals surface area contributed by atoms with E-state index in [9.17, 15) is 19.2 Å². The van der Waals surface area contributed by atoms with Crippen molar-refractivity contribution in [3.8, 4) is 22.4 Å². The van der Waals surface area contributed by atoms with Crippen LogP contribution in [0.25, 0.3) is 33.3 Å². The summed E-state index contributed by atoms with van der Waals surface area (Å²) in [5.74, 6) is -1.05. The highest BCUT2D eigenvalue weighted by Crippen LogP contribution is 2.47. The zero-order valence-electron chi connectivity index (χ0n) is 54.7. The second kappa shape index (κ2) is 26.6. The minimum atomic E-state index is -1.26. The first-order chi connectivity index (χ1) is 43.3. The van der Waals surface area contributed by atoms with Crippen molar-refractivity contribution < 1.29 is 56.9 Å². The Labute approximate surface area is 547 Å². The number of carbonyl (C=O) groups excluding carboxylic acids is 4. The molecule has 486 valence electrons. The predicted octanol–water partition coefficient (Wildman–Crippen LogP) is 12.1. The van der Waals surface area contributed by atoms with Crippen LogP contribution in [0.3, 0.4) is 0 Å². The highest BCUT2D eigenvalue weighted by atomic mass is 79.9. The standard InChI is InChI=1S/C69H87BBrN7O12S/c1-14-76-55-27-26-43(70-89-68(9,10)69(11,12)90-70)32-50(55)52(33-67(7,8)39-87-63(80)54-25-20-28-77(75-54)62(79)58(74-64(81)88-66(4,5)6)60(85-15-2)61-73-56(71)38-91-61)59(76)51-31-42(34-72-57(51)40(3)83-13)41-29-44-35-84-36-45(30-41)78(44)65(82)86-37-53-48-23-18-16-21-46(48)47-22-17-19-24-49(47)53/h16-19,21-24,26-27,31-32,34,38,40-41,44-45,53-54,58,60,75H,14-15,20,25,28-30,33,35-37,39H2,1-13H3,(H,74,81)/t40-,41?,44-,45+,54-,58-,60-/m0/s1. The molecular formula is C69H87BBrN7O12S. The molecule has 4 saturated heterocycles.